The molecule has 0 bridgehead atoms. The Morgan fingerprint density at radius 1 is 1.07 bits per heavy atom. The van der Waals surface area contributed by atoms with Crippen LogP contribution in [0.3, 0.4) is 0 Å². The molecule has 0 saturated carbocycles. The molecule has 1 aliphatic rings. The molecule has 0 amide bonds. The zero-order valence-corrected chi connectivity index (χ0v) is 16.2. The van der Waals surface area contributed by atoms with Gasteiger partial charge in [0.2, 0.25) is 0 Å². The number of hydrogen-bond acceptors (Lipinski definition) is 3. The number of pyridine rings is 1. The van der Waals surface area contributed by atoms with Crippen molar-refractivity contribution in [3.63, 3.8) is 0 Å². The summed E-state index contributed by atoms with van der Waals surface area (Å²) in [5.41, 5.74) is 8.79. The van der Waals surface area contributed by atoms with E-state index in [-0.39, 0.29) is 5.92 Å². The summed E-state index contributed by atoms with van der Waals surface area (Å²) in [6, 6.07) is 20.1. The highest BCUT2D eigenvalue weighted by atomic mass is 35.5. The fourth-order valence-corrected chi connectivity index (χ4v) is 4.64. The van der Waals surface area contributed by atoms with Crippen molar-refractivity contribution in [1.82, 2.24) is 9.97 Å². The number of benzene rings is 3. The predicted molar refractivity (Wildman–Crippen MR) is 116 cm³/mol. The number of aromatic nitrogens is 2. The molecule has 29 heavy (non-hydrogen) atoms. The lowest BCUT2D eigenvalue weighted by Crippen LogP contribution is -1.97. The van der Waals surface area contributed by atoms with E-state index in [0.29, 0.717) is 16.1 Å². The van der Waals surface area contributed by atoms with Crippen LogP contribution in [0, 0.1) is 0 Å². The molecule has 1 N–H and O–H groups in total. The Bertz CT molecular complexity index is 1500. The van der Waals surface area contributed by atoms with Gasteiger partial charge in [-0.3, -0.25) is 4.98 Å². The molecule has 140 valence electrons. The van der Waals surface area contributed by atoms with Gasteiger partial charge in [0, 0.05) is 21.9 Å². The van der Waals surface area contributed by atoms with E-state index < -0.39 is 5.76 Å². The number of fused-ring (bicyclic) bond motifs is 5. The lowest BCUT2D eigenvalue weighted by Gasteiger charge is -2.16. The number of H-pyrrole nitrogens is 1. The second-order valence-corrected chi connectivity index (χ2v) is 7.88. The number of nitrogens with one attached hydrogen (secondary N) is 1. The van der Waals surface area contributed by atoms with Crippen LogP contribution in [0.25, 0.3) is 44.4 Å². The second-order valence-electron chi connectivity index (χ2n) is 7.44. The van der Waals surface area contributed by atoms with E-state index in [1.54, 1.807) is 0 Å². The third-order valence-electron chi connectivity index (χ3n) is 5.81. The van der Waals surface area contributed by atoms with Gasteiger partial charge in [-0.25, -0.2) is 9.78 Å². The molecule has 0 radical (unpaired) electrons. The van der Waals surface area contributed by atoms with Gasteiger partial charge in [-0.1, -0.05) is 48.9 Å². The first-order chi connectivity index (χ1) is 14.1. The highest BCUT2D eigenvalue weighted by molar-refractivity contribution is 6.30. The van der Waals surface area contributed by atoms with Crippen molar-refractivity contribution in [1.29, 1.82) is 0 Å². The fraction of sp³-hybridized carbons (Fsp3) is 0.0833. The molecule has 2 aromatic heterocycles. The average Bonchev–Trinajstić information content (AvgIpc) is 3.22. The fourth-order valence-electron chi connectivity index (χ4n) is 4.51. The van der Waals surface area contributed by atoms with Gasteiger partial charge in [-0.2, -0.15) is 0 Å². The number of oxazole rings is 1. The summed E-state index contributed by atoms with van der Waals surface area (Å²) in [5.74, 6) is -0.310. The Labute approximate surface area is 170 Å². The Balaban J connectivity index is 1.74. The zero-order valence-electron chi connectivity index (χ0n) is 15.5. The lowest BCUT2D eigenvalue weighted by molar-refractivity contribution is 0.555. The molecular formula is C24H15ClN2O2. The number of aromatic amines is 1. The maximum Gasteiger partial charge on any atom is 0.417 e. The predicted octanol–water partition coefficient (Wildman–Crippen LogP) is 6.12. The van der Waals surface area contributed by atoms with E-state index in [4.69, 9.17) is 21.0 Å². The van der Waals surface area contributed by atoms with E-state index >= 15 is 0 Å². The molecule has 3 aromatic carbocycles. The zero-order chi connectivity index (χ0) is 19.7. The summed E-state index contributed by atoms with van der Waals surface area (Å²) >= 11 is 6.14. The van der Waals surface area contributed by atoms with Gasteiger partial charge < -0.3 is 4.42 Å². The Kier molecular flexibility index (Phi) is 3.32. The van der Waals surface area contributed by atoms with Crippen molar-refractivity contribution in [2.75, 3.05) is 0 Å². The molecule has 0 fully saturated rings. The monoisotopic (exact) mass is 398 g/mol. The summed E-state index contributed by atoms with van der Waals surface area (Å²) in [7, 11) is 0. The number of para-hydroxylation sites is 1. The van der Waals surface area contributed by atoms with Crippen LogP contribution in [0.1, 0.15) is 24.0 Å². The smallest absolute Gasteiger partial charge is 0.408 e. The molecule has 0 spiro atoms. The highest BCUT2D eigenvalue weighted by Gasteiger charge is 2.32. The minimum absolute atomic E-state index is 0.130. The van der Waals surface area contributed by atoms with Crippen LogP contribution in [0.2, 0.25) is 5.02 Å². The number of hydrogen-bond donors (Lipinski definition) is 1. The van der Waals surface area contributed by atoms with Gasteiger partial charge in [-0.15, -0.1) is 0 Å². The molecule has 5 aromatic rings. The van der Waals surface area contributed by atoms with E-state index in [1.165, 1.54) is 11.1 Å². The Morgan fingerprint density at radius 2 is 1.86 bits per heavy atom. The maximum absolute atomic E-state index is 11.6. The van der Waals surface area contributed by atoms with Gasteiger partial charge in [0.05, 0.1) is 16.7 Å². The van der Waals surface area contributed by atoms with Crippen molar-refractivity contribution in [2.24, 2.45) is 0 Å². The van der Waals surface area contributed by atoms with Gasteiger partial charge in [0.15, 0.2) is 5.58 Å². The molecule has 2 heterocycles. The molecule has 0 saturated heterocycles. The third kappa shape index (κ3) is 2.33. The van der Waals surface area contributed by atoms with E-state index in [1.807, 2.05) is 42.5 Å². The van der Waals surface area contributed by atoms with Crippen LogP contribution in [0.15, 0.2) is 69.9 Å². The summed E-state index contributed by atoms with van der Waals surface area (Å²) < 4.78 is 5.31. The van der Waals surface area contributed by atoms with Crippen molar-refractivity contribution >= 4 is 33.6 Å². The average molecular weight is 399 g/mol. The quantitative estimate of drug-likeness (QED) is 0.370. The number of nitrogens with zero attached hydrogens (tertiary/aromatic N) is 1. The largest absolute Gasteiger partial charge is 0.417 e. The first-order valence-electron chi connectivity index (χ1n) is 9.46. The van der Waals surface area contributed by atoms with Gasteiger partial charge >= 0.3 is 5.76 Å². The third-order valence-corrected chi connectivity index (χ3v) is 6.06. The SMILES string of the molecule is CC1c2cc3[nH]c(=O)oc3cc2-c2nc3ccccc3c(-c3ccc(Cl)cc3)c21. The van der Waals surface area contributed by atoms with E-state index in [9.17, 15) is 4.79 Å². The van der Waals surface area contributed by atoms with Gasteiger partial charge in [0.1, 0.15) is 0 Å². The minimum Gasteiger partial charge on any atom is -0.408 e. The van der Waals surface area contributed by atoms with Crippen molar-refractivity contribution in [3.05, 3.63) is 87.4 Å². The summed E-state index contributed by atoms with van der Waals surface area (Å²) in [5, 5.41) is 1.83. The Morgan fingerprint density at radius 3 is 2.69 bits per heavy atom. The first kappa shape index (κ1) is 16.6. The van der Waals surface area contributed by atoms with Crippen LogP contribution in [0.4, 0.5) is 0 Å². The van der Waals surface area contributed by atoms with Crippen LogP contribution in [-0.4, -0.2) is 9.97 Å². The van der Waals surface area contributed by atoms with E-state index in [2.05, 4.69) is 30.1 Å². The molecule has 4 nitrogen and oxygen atoms in total. The second kappa shape index (κ2) is 5.82. The molecule has 0 aliphatic heterocycles. The molecule has 5 heteroatoms. The normalized spacial score (nSPS) is 15.0. The maximum atomic E-state index is 11.6. The van der Waals surface area contributed by atoms with Gasteiger partial charge in [0.25, 0.3) is 0 Å². The summed E-state index contributed by atoms with van der Waals surface area (Å²) in [6.45, 7) is 2.19. The van der Waals surface area contributed by atoms with Crippen molar-refractivity contribution < 1.29 is 4.42 Å². The van der Waals surface area contributed by atoms with Crippen molar-refractivity contribution in [2.45, 2.75) is 12.8 Å². The van der Waals surface area contributed by atoms with Crippen LogP contribution in [0.5, 0.6) is 0 Å². The minimum atomic E-state index is -0.440. The molecule has 1 aliphatic carbocycles. The van der Waals surface area contributed by atoms with E-state index in [0.717, 1.165) is 33.3 Å². The van der Waals surface area contributed by atoms with Crippen LogP contribution < -0.4 is 5.76 Å². The lowest BCUT2D eigenvalue weighted by atomic mass is 9.89. The van der Waals surface area contributed by atoms with Crippen LogP contribution >= 0.6 is 11.6 Å². The summed E-state index contributed by atoms with van der Waals surface area (Å²) in [4.78, 5) is 19.4. The molecule has 6 rings (SSSR count). The molecule has 1 unspecified atom stereocenters. The first-order valence-corrected chi connectivity index (χ1v) is 9.83. The standard InChI is InChI=1S/C24H15ClN2O2/c1-12-16-10-19-20(29-24(28)27-19)11-17(16)23-21(12)22(13-6-8-14(25)9-7-13)15-4-2-3-5-18(15)26-23/h2-12H,1H3,(H,27,28). The number of rotatable bonds is 1. The Hall–Kier alpha value is -3.37. The molecular weight excluding hydrogens is 384 g/mol. The van der Waals surface area contributed by atoms with Gasteiger partial charge in [-0.05, 0) is 52.6 Å². The topological polar surface area (TPSA) is 58.9 Å². The summed E-state index contributed by atoms with van der Waals surface area (Å²) in [6.07, 6.45) is 0. The molecule has 1 atom stereocenters. The highest BCUT2D eigenvalue weighted by Crippen LogP contribution is 2.50. The van der Waals surface area contributed by atoms with Crippen molar-refractivity contribution in [3.8, 4) is 22.4 Å². The number of halogens is 1. The van der Waals surface area contributed by atoms with Crippen LogP contribution in [-0.2, 0) is 0 Å².